The van der Waals surface area contributed by atoms with Gasteiger partial charge < -0.3 is 4.42 Å². The lowest BCUT2D eigenvalue weighted by Crippen LogP contribution is -1.80. The van der Waals surface area contributed by atoms with Crippen LogP contribution in [-0.2, 0) is 0 Å². The third-order valence-electron chi connectivity index (χ3n) is 0.794. The molecule has 2 nitrogen and oxygen atoms in total. The molecule has 1 aromatic heterocycles. The monoisotopic (exact) mass is 208 g/mol. The van der Waals surface area contributed by atoms with Gasteiger partial charge >= 0.3 is 0 Å². The van der Waals surface area contributed by atoms with Crippen LogP contribution in [0.25, 0.3) is 0 Å². The van der Waals surface area contributed by atoms with Gasteiger partial charge in [0.25, 0.3) is 5.24 Å². The maximum Gasteiger partial charge on any atom is 0.255 e. The number of carbonyl (C=O) groups is 1. The van der Waals surface area contributed by atoms with Crippen LogP contribution in [0.1, 0.15) is 10.4 Å². The van der Waals surface area contributed by atoms with E-state index in [0.29, 0.717) is 10.2 Å². The van der Waals surface area contributed by atoms with Crippen LogP contribution >= 0.6 is 27.5 Å². The molecule has 4 heteroatoms. The first-order chi connectivity index (χ1) is 4.20. The van der Waals surface area contributed by atoms with E-state index in [1.54, 1.807) is 0 Å². The summed E-state index contributed by atoms with van der Waals surface area (Å²) < 4.78 is 5.24. The van der Waals surface area contributed by atoms with E-state index in [1.807, 2.05) is 0 Å². The van der Waals surface area contributed by atoms with Gasteiger partial charge in [-0.2, -0.15) is 0 Å². The summed E-state index contributed by atoms with van der Waals surface area (Å²) >= 11 is 8.12. The molecule has 0 radical (unpaired) electrons. The molecule has 0 aliphatic rings. The van der Waals surface area contributed by atoms with Crippen molar-refractivity contribution in [2.45, 2.75) is 0 Å². The smallest absolute Gasteiger partial charge is 0.255 e. The van der Waals surface area contributed by atoms with Gasteiger partial charge in [-0.3, -0.25) is 4.79 Å². The molecule has 0 saturated carbocycles. The van der Waals surface area contributed by atoms with E-state index in [2.05, 4.69) is 15.9 Å². The first-order valence-corrected chi connectivity index (χ1v) is 3.31. The number of halogens is 2. The molecule has 48 valence electrons. The van der Waals surface area contributed by atoms with Gasteiger partial charge in [-0.05, 0) is 27.5 Å². The summed E-state index contributed by atoms with van der Waals surface area (Å²) in [6.07, 6.45) is 1.29. The van der Waals surface area contributed by atoms with Crippen molar-refractivity contribution in [3.05, 3.63) is 22.6 Å². The molecule has 0 aromatic carbocycles. The summed E-state index contributed by atoms with van der Waals surface area (Å²) in [5, 5.41) is -0.510. The second-order valence-corrected chi connectivity index (χ2v) is 2.54. The van der Waals surface area contributed by atoms with Crippen LogP contribution in [0.15, 0.2) is 21.4 Å². The number of hydrogen-bond acceptors (Lipinski definition) is 2. The summed E-state index contributed by atoms with van der Waals surface area (Å²) in [5.74, 6) is 0. The highest BCUT2D eigenvalue weighted by Crippen LogP contribution is 2.15. The van der Waals surface area contributed by atoms with Gasteiger partial charge in [-0.1, -0.05) is 0 Å². The first kappa shape index (κ1) is 6.83. The van der Waals surface area contributed by atoms with Gasteiger partial charge in [0, 0.05) is 6.07 Å². The lowest BCUT2D eigenvalue weighted by Gasteiger charge is -1.75. The fraction of sp³-hybridized carbons (Fsp3) is 0. The van der Waals surface area contributed by atoms with Crippen molar-refractivity contribution >= 4 is 32.8 Å². The quantitative estimate of drug-likeness (QED) is 0.665. The maximum atomic E-state index is 10.3. The third-order valence-corrected chi connectivity index (χ3v) is 1.43. The Kier molecular flexibility index (Phi) is 1.93. The summed E-state index contributed by atoms with van der Waals surface area (Å²) in [7, 11) is 0. The molecule has 0 saturated heterocycles. The highest BCUT2D eigenvalue weighted by Gasteiger charge is 2.03. The number of hydrogen-bond donors (Lipinski definition) is 0. The minimum Gasteiger partial charge on any atom is -0.457 e. The highest BCUT2D eigenvalue weighted by atomic mass is 79.9. The average molecular weight is 209 g/mol. The lowest BCUT2D eigenvalue weighted by molar-refractivity contribution is 0.108. The molecule has 0 fully saturated rings. The molecular weight excluding hydrogens is 207 g/mol. The Bertz CT molecular complexity index is 231. The molecule has 1 rings (SSSR count). The lowest BCUT2D eigenvalue weighted by atomic mass is 10.4. The van der Waals surface area contributed by atoms with Crippen LogP contribution in [0.3, 0.4) is 0 Å². The molecule has 0 aliphatic carbocycles. The Morgan fingerprint density at radius 3 is 2.67 bits per heavy atom. The molecule has 0 unspecified atom stereocenters. The van der Waals surface area contributed by atoms with Crippen LogP contribution in [-0.4, -0.2) is 5.24 Å². The molecule has 0 amide bonds. The average Bonchev–Trinajstić information content (AvgIpc) is 2.14. The number of carbonyl (C=O) groups excluding carboxylic acids is 1. The summed E-state index contributed by atoms with van der Waals surface area (Å²) in [6, 6.07) is 1.51. The second-order valence-electron chi connectivity index (χ2n) is 1.41. The van der Waals surface area contributed by atoms with Crippen LogP contribution in [0.2, 0.25) is 0 Å². The minimum atomic E-state index is -0.510. The Balaban J connectivity index is 2.98. The zero-order chi connectivity index (χ0) is 6.85. The standard InChI is InChI=1S/C5H2BrClO2/c6-4-1-3(2-9-4)5(7)8/h1-2H. The first-order valence-electron chi connectivity index (χ1n) is 2.14. The van der Waals surface area contributed by atoms with E-state index in [4.69, 9.17) is 16.0 Å². The molecule has 0 bridgehead atoms. The fourth-order valence-electron chi connectivity index (χ4n) is 0.413. The molecule has 9 heavy (non-hydrogen) atoms. The van der Waals surface area contributed by atoms with E-state index < -0.39 is 5.24 Å². The predicted octanol–water partition coefficient (Wildman–Crippen LogP) is 2.42. The van der Waals surface area contributed by atoms with Gasteiger partial charge in [0.2, 0.25) is 0 Å². The third kappa shape index (κ3) is 1.56. The van der Waals surface area contributed by atoms with Crippen molar-refractivity contribution in [1.29, 1.82) is 0 Å². The Morgan fingerprint density at radius 2 is 2.44 bits per heavy atom. The zero-order valence-corrected chi connectivity index (χ0v) is 6.57. The Morgan fingerprint density at radius 1 is 1.78 bits per heavy atom. The summed E-state index contributed by atoms with van der Waals surface area (Å²) in [6.45, 7) is 0. The van der Waals surface area contributed by atoms with Crippen LogP contribution < -0.4 is 0 Å². The van der Waals surface area contributed by atoms with Gasteiger partial charge in [0.05, 0.1) is 5.56 Å². The molecule has 1 heterocycles. The van der Waals surface area contributed by atoms with E-state index in [-0.39, 0.29) is 0 Å². The van der Waals surface area contributed by atoms with E-state index >= 15 is 0 Å². The van der Waals surface area contributed by atoms with Crippen LogP contribution in [0.5, 0.6) is 0 Å². The summed E-state index contributed by atoms with van der Waals surface area (Å²) in [4.78, 5) is 10.3. The van der Waals surface area contributed by atoms with Crippen molar-refractivity contribution in [2.24, 2.45) is 0 Å². The topological polar surface area (TPSA) is 30.2 Å². The Hall–Kier alpha value is -0.280. The largest absolute Gasteiger partial charge is 0.457 e. The molecular formula is C5H2BrClO2. The molecule has 0 N–H and O–H groups in total. The molecule has 0 spiro atoms. The van der Waals surface area contributed by atoms with Crippen molar-refractivity contribution in [1.82, 2.24) is 0 Å². The van der Waals surface area contributed by atoms with Gasteiger partial charge in [-0.15, -0.1) is 0 Å². The van der Waals surface area contributed by atoms with E-state index in [0.717, 1.165) is 0 Å². The zero-order valence-electron chi connectivity index (χ0n) is 4.23. The van der Waals surface area contributed by atoms with E-state index in [9.17, 15) is 4.79 Å². The van der Waals surface area contributed by atoms with Gasteiger partial charge in [-0.25, -0.2) is 0 Å². The van der Waals surface area contributed by atoms with Crippen molar-refractivity contribution < 1.29 is 9.21 Å². The molecule has 0 aliphatic heterocycles. The molecule has 1 aromatic rings. The fourth-order valence-corrected chi connectivity index (χ4v) is 0.852. The van der Waals surface area contributed by atoms with Crippen LogP contribution in [0, 0.1) is 0 Å². The van der Waals surface area contributed by atoms with Crippen molar-refractivity contribution in [3.8, 4) is 0 Å². The SMILES string of the molecule is O=C(Cl)c1coc(Br)c1. The normalized spacial score (nSPS) is 9.56. The van der Waals surface area contributed by atoms with Gasteiger partial charge in [0.15, 0.2) is 4.67 Å². The van der Waals surface area contributed by atoms with Crippen molar-refractivity contribution in [2.75, 3.05) is 0 Å². The Labute approximate surface area is 64.9 Å². The van der Waals surface area contributed by atoms with Gasteiger partial charge in [0.1, 0.15) is 6.26 Å². The number of furan rings is 1. The minimum absolute atomic E-state index is 0.364. The predicted molar refractivity (Wildman–Crippen MR) is 36.6 cm³/mol. The summed E-state index contributed by atoms with van der Waals surface area (Å²) in [5.41, 5.74) is 0.364. The second kappa shape index (κ2) is 2.54. The maximum absolute atomic E-state index is 10.3. The molecule has 0 atom stereocenters. The number of rotatable bonds is 1. The van der Waals surface area contributed by atoms with Crippen molar-refractivity contribution in [3.63, 3.8) is 0 Å². The van der Waals surface area contributed by atoms with Crippen LogP contribution in [0.4, 0.5) is 0 Å². The van der Waals surface area contributed by atoms with E-state index in [1.165, 1.54) is 12.3 Å². The highest BCUT2D eigenvalue weighted by molar-refractivity contribution is 9.10.